The van der Waals surface area contributed by atoms with Gasteiger partial charge in [-0.3, -0.25) is 4.79 Å². The van der Waals surface area contributed by atoms with Gasteiger partial charge in [-0.2, -0.15) is 0 Å². The van der Waals surface area contributed by atoms with Crippen molar-refractivity contribution in [2.24, 2.45) is 0 Å². The topological polar surface area (TPSA) is 96.2 Å². The van der Waals surface area contributed by atoms with Gasteiger partial charge in [0.25, 0.3) is 5.91 Å². The molecule has 1 aromatic heterocycles. The first-order chi connectivity index (χ1) is 17.5. The van der Waals surface area contributed by atoms with Crippen molar-refractivity contribution in [3.05, 3.63) is 72.3 Å². The first-order valence-corrected chi connectivity index (χ1v) is 11.7. The molecule has 1 amide bonds. The molecule has 0 unspecified atom stereocenters. The minimum Gasteiger partial charge on any atom is -0.486 e. The quantitative estimate of drug-likeness (QED) is 0.346. The molecule has 0 fully saturated rings. The molecule has 8 heteroatoms. The van der Waals surface area contributed by atoms with E-state index in [2.05, 4.69) is 5.32 Å². The zero-order chi connectivity index (χ0) is 25.1. The largest absolute Gasteiger partial charge is 0.486 e. The molecule has 8 nitrogen and oxygen atoms in total. The molecule has 3 aromatic carbocycles. The summed E-state index contributed by atoms with van der Waals surface area (Å²) in [5, 5.41) is 3.37. The molecule has 2 heterocycles. The van der Waals surface area contributed by atoms with Gasteiger partial charge in [-0.15, -0.1) is 0 Å². The highest BCUT2D eigenvalue weighted by atomic mass is 16.6. The van der Waals surface area contributed by atoms with Gasteiger partial charge in [-0.25, -0.2) is 4.79 Å². The van der Waals surface area contributed by atoms with Gasteiger partial charge in [0.2, 0.25) is 0 Å². The molecule has 4 aromatic rings. The van der Waals surface area contributed by atoms with Crippen molar-refractivity contribution in [1.29, 1.82) is 0 Å². The number of amides is 1. The lowest BCUT2D eigenvalue weighted by molar-refractivity contribution is -0.122. The third kappa shape index (κ3) is 4.70. The van der Waals surface area contributed by atoms with E-state index in [0.717, 1.165) is 5.56 Å². The van der Waals surface area contributed by atoms with Crippen molar-refractivity contribution in [3.8, 4) is 28.6 Å². The smallest absolute Gasteiger partial charge is 0.342 e. The van der Waals surface area contributed by atoms with Crippen molar-refractivity contribution >= 4 is 28.5 Å². The maximum Gasteiger partial charge on any atom is 0.342 e. The van der Waals surface area contributed by atoms with E-state index < -0.39 is 12.1 Å². The second-order valence-electron chi connectivity index (χ2n) is 8.16. The predicted molar refractivity (Wildman–Crippen MR) is 134 cm³/mol. The molecule has 0 spiro atoms. The van der Waals surface area contributed by atoms with E-state index in [1.54, 1.807) is 50.2 Å². The molecule has 0 bridgehead atoms. The summed E-state index contributed by atoms with van der Waals surface area (Å²) in [6, 6.07) is 19.7. The van der Waals surface area contributed by atoms with Crippen LogP contribution in [0.1, 0.15) is 24.2 Å². The molecule has 5 rings (SSSR count). The van der Waals surface area contributed by atoms with Gasteiger partial charge in [0.15, 0.2) is 17.6 Å². The van der Waals surface area contributed by atoms with Crippen molar-refractivity contribution in [2.45, 2.75) is 20.0 Å². The molecule has 1 N–H and O–H groups in total. The molecular formula is C28H25NO7. The Morgan fingerprint density at radius 2 is 1.75 bits per heavy atom. The van der Waals surface area contributed by atoms with Gasteiger partial charge in [-0.1, -0.05) is 30.3 Å². The Kier molecular flexibility index (Phi) is 6.49. The van der Waals surface area contributed by atoms with E-state index in [1.807, 2.05) is 30.3 Å². The number of hydrogen-bond donors (Lipinski definition) is 1. The van der Waals surface area contributed by atoms with Gasteiger partial charge in [0, 0.05) is 22.7 Å². The van der Waals surface area contributed by atoms with E-state index in [-0.39, 0.29) is 12.5 Å². The van der Waals surface area contributed by atoms with Gasteiger partial charge >= 0.3 is 5.97 Å². The lowest BCUT2D eigenvalue weighted by Crippen LogP contribution is -2.30. The van der Waals surface area contributed by atoms with Crippen LogP contribution in [0.25, 0.3) is 22.3 Å². The fourth-order valence-corrected chi connectivity index (χ4v) is 3.97. The summed E-state index contributed by atoms with van der Waals surface area (Å²) in [4.78, 5) is 25.7. The van der Waals surface area contributed by atoms with Crippen molar-refractivity contribution in [3.63, 3.8) is 0 Å². The number of carbonyl (C=O) groups is 2. The van der Waals surface area contributed by atoms with Crippen LogP contribution in [0.3, 0.4) is 0 Å². The zero-order valence-electron chi connectivity index (χ0n) is 19.9. The lowest BCUT2D eigenvalue weighted by Gasteiger charge is -2.19. The van der Waals surface area contributed by atoms with Crippen molar-refractivity contribution < 1.29 is 33.0 Å². The molecule has 184 valence electrons. The van der Waals surface area contributed by atoms with Crippen LogP contribution in [0.2, 0.25) is 0 Å². The molecule has 0 radical (unpaired) electrons. The maximum absolute atomic E-state index is 12.9. The number of fused-ring (bicyclic) bond motifs is 2. The number of carbonyl (C=O) groups excluding carboxylic acids is 2. The second-order valence-corrected chi connectivity index (χ2v) is 8.16. The monoisotopic (exact) mass is 487 g/mol. The number of hydrogen-bond acceptors (Lipinski definition) is 7. The van der Waals surface area contributed by atoms with Gasteiger partial charge in [0.05, 0.1) is 6.61 Å². The Morgan fingerprint density at radius 1 is 0.972 bits per heavy atom. The van der Waals surface area contributed by atoms with Crippen LogP contribution in [-0.4, -0.2) is 37.8 Å². The van der Waals surface area contributed by atoms with E-state index in [1.165, 1.54) is 0 Å². The zero-order valence-corrected chi connectivity index (χ0v) is 19.9. The van der Waals surface area contributed by atoms with Crippen LogP contribution in [0, 0.1) is 0 Å². The van der Waals surface area contributed by atoms with Crippen LogP contribution in [-0.2, 0) is 9.53 Å². The van der Waals surface area contributed by atoms with Crippen molar-refractivity contribution in [2.75, 3.05) is 25.1 Å². The van der Waals surface area contributed by atoms with E-state index >= 15 is 0 Å². The standard InChI is InChI=1S/C28H25NO7/c1-3-32-28(31)25-21-16-20(10-12-22(21)36-26(25)18-7-5-4-6-8-18)35-17(2)27(30)29-19-9-11-23-24(15-19)34-14-13-33-23/h4-12,15-17H,3,13-14H2,1-2H3,(H,29,30)/t17-/m1/s1. The van der Waals surface area contributed by atoms with E-state index in [9.17, 15) is 9.59 Å². The van der Waals surface area contributed by atoms with Gasteiger partial charge in [0.1, 0.15) is 35.9 Å². The molecule has 1 atom stereocenters. The first-order valence-electron chi connectivity index (χ1n) is 11.7. The first kappa shape index (κ1) is 23.3. The number of ether oxygens (including phenoxy) is 4. The number of benzene rings is 3. The number of nitrogens with one attached hydrogen (secondary N) is 1. The third-order valence-corrected chi connectivity index (χ3v) is 5.67. The number of esters is 1. The molecular weight excluding hydrogens is 462 g/mol. The number of anilines is 1. The van der Waals surface area contributed by atoms with Crippen molar-refractivity contribution in [1.82, 2.24) is 0 Å². The average molecular weight is 488 g/mol. The molecule has 0 saturated heterocycles. The minimum absolute atomic E-state index is 0.229. The fourth-order valence-electron chi connectivity index (χ4n) is 3.97. The SMILES string of the molecule is CCOC(=O)c1c(-c2ccccc2)oc2ccc(O[C@H](C)C(=O)Nc3ccc4c(c3)OCCO4)cc12. The van der Waals surface area contributed by atoms with Crippen LogP contribution in [0.5, 0.6) is 17.2 Å². The molecule has 36 heavy (non-hydrogen) atoms. The summed E-state index contributed by atoms with van der Waals surface area (Å²) < 4.78 is 28.3. The lowest BCUT2D eigenvalue weighted by atomic mass is 10.1. The number of furan rings is 1. The van der Waals surface area contributed by atoms with Gasteiger partial charge < -0.3 is 28.7 Å². The van der Waals surface area contributed by atoms with Gasteiger partial charge in [-0.05, 0) is 44.2 Å². The molecule has 0 saturated carbocycles. The Hall–Kier alpha value is -4.46. The maximum atomic E-state index is 12.9. The summed E-state index contributed by atoms with van der Waals surface area (Å²) in [5.41, 5.74) is 2.16. The number of rotatable bonds is 7. The second kappa shape index (κ2) is 10.0. The summed E-state index contributed by atoms with van der Waals surface area (Å²) >= 11 is 0. The van der Waals surface area contributed by atoms with E-state index in [4.69, 9.17) is 23.4 Å². The highest BCUT2D eigenvalue weighted by Crippen LogP contribution is 2.36. The summed E-state index contributed by atoms with van der Waals surface area (Å²) in [6.07, 6.45) is -0.817. The third-order valence-electron chi connectivity index (χ3n) is 5.67. The summed E-state index contributed by atoms with van der Waals surface area (Å²) in [7, 11) is 0. The average Bonchev–Trinajstić information content (AvgIpc) is 3.28. The van der Waals surface area contributed by atoms with Crippen LogP contribution in [0.4, 0.5) is 5.69 Å². The fraction of sp³-hybridized carbons (Fsp3) is 0.214. The minimum atomic E-state index is -0.817. The molecule has 0 aliphatic carbocycles. The Labute approximate surface area is 207 Å². The van der Waals surface area contributed by atoms with Crippen LogP contribution < -0.4 is 19.5 Å². The Morgan fingerprint density at radius 3 is 2.53 bits per heavy atom. The van der Waals surface area contributed by atoms with Crippen LogP contribution in [0.15, 0.2) is 71.1 Å². The molecule has 1 aliphatic rings. The normalized spacial score (nSPS) is 13.2. The highest BCUT2D eigenvalue weighted by Gasteiger charge is 2.24. The molecule has 1 aliphatic heterocycles. The predicted octanol–water partition coefficient (Wildman–Crippen LogP) is 5.45. The Bertz CT molecular complexity index is 1410. The summed E-state index contributed by atoms with van der Waals surface area (Å²) in [5.74, 6) is 1.23. The summed E-state index contributed by atoms with van der Waals surface area (Å²) in [6.45, 7) is 4.58. The van der Waals surface area contributed by atoms with Crippen LogP contribution >= 0.6 is 0 Å². The highest BCUT2D eigenvalue weighted by molar-refractivity contribution is 6.09. The van der Waals surface area contributed by atoms with E-state index in [0.29, 0.717) is 58.4 Å². The Balaban J connectivity index is 1.38.